The lowest BCUT2D eigenvalue weighted by molar-refractivity contribution is -0.143. The van der Waals surface area contributed by atoms with Gasteiger partial charge in [0.05, 0.1) is 19.4 Å². The Hall–Kier alpha value is -3.52. The number of halogens is 1. The molecule has 0 spiro atoms. The molecule has 1 aliphatic rings. The van der Waals surface area contributed by atoms with Crippen molar-refractivity contribution in [2.24, 2.45) is 11.8 Å². The minimum absolute atomic E-state index is 0.0945. The van der Waals surface area contributed by atoms with E-state index in [2.05, 4.69) is 0 Å². The average Bonchev–Trinajstić information content (AvgIpc) is 2.86. The largest absolute Gasteiger partial charge is 0.494 e. The molecule has 1 aromatic heterocycles. The number of nitrogens with zero attached hydrogens (tertiary/aromatic N) is 2. The van der Waals surface area contributed by atoms with E-state index in [1.807, 2.05) is 30.3 Å². The highest BCUT2D eigenvalue weighted by Crippen LogP contribution is 2.35. The zero-order valence-corrected chi connectivity index (χ0v) is 19.7. The zero-order valence-electron chi connectivity index (χ0n) is 19.7. The Labute approximate surface area is 203 Å². The maximum absolute atomic E-state index is 15.2. The third kappa shape index (κ3) is 5.77. The third-order valence-electron chi connectivity index (χ3n) is 6.55. The number of rotatable bonds is 9. The first-order chi connectivity index (χ1) is 17.0. The summed E-state index contributed by atoms with van der Waals surface area (Å²) in [4.78, 5) is 24.0. The normalized spacial score (nSPS) is 17.8. The lowest BCUT2D eigenvalue weighted by Gasteiger charge is -2.31. The van der Waals surface area contributed by atoms with Crippen LogP contribution in [0.25, 0.3) is 22.4 Å². The van der Waals surface area contributed by atoms with Crippen LogP contribution in [-0.4, -0.2) is 41.2 Å². The summed E-state index contributed by atoms with van der Waals surface area (Å²) in [6.07, 6.45) is 3.90. The molecule has 4 rings (SSSR count). The number of carboxylic acid groups (broad SMARTS) is 1. The number of methoxy groups -OCH3 is 1. The van der Waals surface area contributed by atoms with Gasteiger partial charge in [-0.05, 0) is 30.7 Å². The molecule has 1 fully saturated rings. The lowest BCUT2D eigenvalue weighted by atomic mass is 9.79. The summed E-state index contributed by atoms with van der Waals surface area (Å²) in [6, 6.07) is 15.6. The number of benzene rings is 2. The van der Waals surface area contributed by atoms with Gasteiger partial charge in [0.1, 0.15) is 6.61 Å². The maximum Gasteiger partial charge on any atom is 0.329 e. The topological polar surface area (TPSA) is 90.7 Å². The van der Waals surface area contributed by atoms with E-state index in [1.165, 1.54) is 23.9 Å². The number of carboxylic acids is 1. The molecule has 2 aromatic carbocycles. The Morgan fingerprint density at radius 2 is 1.83 bits per heavy atom. The predicted molar refractivity (Wildman–Crippen MR) is 130 cm³/mol. The van der Waals surface area contributed by atoms with Crippen molar-refractivity contribution in [3.63, 3.8) is 0 Å². The van der Waals surface area contributed by atoms with Crippen molar-refractivity contribution >= 4 is 5.97 Å². The molecule has 0 bridgehead atoms. The molecule has 1 aliphatic carbocycles. The molecular weight excluding hydrogens is 451 g/mol. The Balaban J connectivity index is 1.72. The van der Waals surface area contributed by atoms with Crippen LogP contribution < -0.4 is 10.3 Å². The summed E-state index contributed by atoms with van der Waals surface area (Å²) in [5.74, 6) is -1.17. The van der Waals surface area contributed by atoms with E-state index in [4.69, 9.17) is 19.7 Å². The summed E-state index contributed by atoms with van der Waals surface area (Å²) < 4.78 is 27.1. The SMILES string of the molecule is COc1cccc(-c2cc(=O)n(CC3CCCCC3COCC(=O)O)nc2-c2ccccc2)c1F. The van der Waals surface area contributed by atoms with Gasteiger partial charge < -0.3 is 14.6 Å². The first-order valence-corrected chi connectivity index (χ1v) is 11.8. The fourth-order valence-corrected chi connectivity index (χ4v) is 4.78. The minimum Gasteiger partial charge on any atom is -0.494 e. The summed E-state index contributed by atoms with van der Waals surface area (Å²) in [7, 11) is 1.40. The van der Waals surface area contributed by atoms with Gasteiger partial charge in [-0.1, -0.05) is 55.3 Å². The predicted octanol–water partition coefficient (Wildman–Crippen LogP) is 4.63. The number of ether oxygens (including phenoxy) is 2. The Kier molecular flexibility index (Phi) is 7.92. The van der Waals surface area contributed by atoms with Gasteiger partial charge >= 0.3 is 5.97 Å². The van der Waals surface area contributed by atoms with Gasteiger partial charge in [0.25, 0.3) is 5.56 Å². The van der Waals surface area contributed by atoms with Crippen LogP contribution in [0.15, 0.2) is 59.4 Å². The van der Waals surface area contributed by atoms with Crippen LogP contribution in [0.3, 0.4) is 0 Å². The highest BCUT2D eigenvalue weighted by molar-refractivity contribution is 5.81. The lowest BCUT2D eigenvalue weighted by Crippen LogP contribution is -2.33. The van der Waals surface area contributed by atoms with Gasteiger partial charge in [-0.15, -0.1) is 0 Å². The zero-order chi connectivity index (χ0) is 24.8. The molecule has 8 heteroatoms. The van der Waals surface area contributed by atoms with Gasteiger partial charge in [-0.3, -0.25) is 4.79 Å². The van der Waals surface area contributed by atoms with Crippen molar-refractivity contribution in [1.82, 2.24) is 9.78 Å². The molecule has 0 saturated heterocycles. The van der Waals surface area contributed by atoms with Crippen LogP contribution in [-0.2, 0) is 16.1 Å². The van der Waals surface area contributed by atoms with Gasteiger partial charge in [-0.2, -0.15) is 5.10 Å². The molecule has 2 unspecified atom stereocenters. The number of aromatic nitrogens is 2. The van der Waals surface area contributed by atoms with Crippen molar-refractivity contribution in [2.45, 2.75) is 32.2 Å². The minimum atomic E-state index is -0.997. The number of carbonyl (C=O) groups is 1. The highest BCUT2D eigenvalue weighted by atomic mass is 19.1. The number of aliphatic carboxylic acids is 1. The van der Waals surface area contributed by atoms with E-state index in [9.17, 15) is 9.59 Å². The van der Waals surface area contributed by atoms with Crippen LogP contribution in [0, 0.1) is 17.7 Å². The molecule has 184 valence electrons. The number of hydrogen-bond acceptors (Lipinski definition) is 5. The number of hydrogen-bond donors (Lipinski definition) is 1. The summed E-state index contributed by atoms with van der Waals surface area (Å²) >= 11 is 0. The first-order valence-electron chi connectivity index (χ1n) is 11.8. The third-order valence-corrected chi connectivity index (χ3v) is 6.55. The van der Waals surface area contributed by atoms with E-state index in [1.54, 1.807) is 12.1 Å². The second kappa shape index (κ2) is 11.3. The summed E-state index contributed by atoms with van der Waals surface area (Å²) in [5.41, 5.74) is 1.60. The maximum atomic E-state index is 15.2. The molecule has 0 radical (unpaired) electrons. The average molecular weight is 481 g/mol. The molecule has 1 N–H and O–H groups in total. The van der Waals surface area contributed by atoms with E-state index < -0.39 is 11.8 Å². The van der Waals surface area contributed by atoms with Crippen LogP contribution in [0.5, 0.6) is 5.75 Å². The van der Waals surface area contributed by atoms with Crippen molar-refractivity contribution < 1.29 is 23.8 Å². The second-order valence-electron chi connectivity index (χ2n) is 8.83. The van der Waals surface area contributed by atoms with Crippen molar-refractivity contribution in [3.8, 4) is 28.1 Å². The Morgan fingerprint density at radius 1 is 1.09 bits per heavy atom. The molecule has 1 saturated carbocycles. The van der Waals surface area contributed by atoms with E-state index in [0.717, 1.165) is 31.2 Å². The van der Waals surface area contributed by atoms with Crippen molar-refractivity contribution in [2.75, 3.05) is 20.3 Å². The van der Waals surface area contributed by atoms with E-state index in [-0.39, 0.29) is 35.3 Å². The van der Waals surface area contributed by atoms with Crippen LogP contribution in [0.4, 0.5) is 4.39 Å². The van der Waals surface area contributed by atoms with E-state index in [0.29, 0.717) is 24.4 Å². The quantitative estimate of drug-likeness (QED) is 0.480. The molecule has 3 aromatic rings. The fraction of sp³-hybridized carbons (Fsp3) is 0.370. The molecule has 1 heterocycles. The van der Waals surface area contributed by atoms with Crippen LogP contribution in [0.2, 0.25) is 0 Å². The monoisotopic (exact) mass is 480 g/mol. The van der Waals surface area contributed by atoms with Crippen LogP contribution in [0.1, 0.15) is 25.7 Å². The smallest absolute Gasteiger partial charge is 0.329 e. The van der Waals surface area contributed by atoms with Crippen LogP contribution >= 0.6 is 0 Å². The van der Waals surface area contributed by atoms with Gasteiger partial charge in [0, 0.05) is 29.3 Å². The molecule has 2 atom stereocenters. The Bertz CT molecular complexity index is 1230. The molecule has 35 heavy (non-hydrogen) atoms. The summed E-state index contributed by atoms with van der Waals surface area (Å²) in [5, 5.41) is 13.6. The first kappa shape index (κ1) is 24.6. The van der Waals surface area contributed by atoms with E-state index >= 15 is 4.39 Å². The molecule has 0 aliphatic heterocycles. The summed E-state index contributed by atoms with van der Waals surface area (Å²) in [6.45, 7) is 0.394. The molecule has 7 nitrogen and oxygen atoms in total. The molecule has 0 amide bonds. The van der Waals surface area contributed by atoms with Gasteiger partial charge in [-0.25, -0.2) is 13.9 Å². The second-order valence-corrected chi connectivity index (χ2v) is 8.83. The van der Waals surface area contributed by atoms with Crippen molar-refractivity contribution in [3.05, 3.63) is 70.8 Å². The Morgan fingerprint density at radius 3 is 2.54 bits per heavy atom. The van der Waals surface area contributed by atoms with Crippen molar-refractivity contribution in [1.29, 1.82) is 0 Å². The fourth-order valence-electron chi connectivity index (χ4n) is 4.78. The van der Waals surface area contributed by atoms with Gasteiger partial charge in [0.15, 0.2) is 11.6 Å². The molecular formula is C27H29FN2O5. The van der Waals surface area contributed by atoms with Gasteiger partial charge in [0.2, 0.25) is 0 Å². The standard InChI is InChI=1S/C27H29FN2O5/c1-34-23-13-7-12-21(26(23)28)22-14-24(31)30(29-27(22)18-8-3-2-4-9-18)15-19-10-5-6-11-20(19)16-35-17-25(32)33/h2-4,7-9,12-14,19-20H,5-6,10-11,15-17H2,1H3,(H,32,33). The highest BCUT2D eigenvalue weighted by Gasteiger charge is 2.27.